The van der Waals surface area contributed by atoms with E-state index in [9.17, 15) is 9.90 Å². The maximum atomic E-state index is 13.2. The number of carbonyl (C=O) groups is 1. The van der Waals surface area contributed by atoms with Gasteiger partial charge in [-0.05, 0) is 88.6 Å². The van der Waals surface area contributed by atoms with Crippen molar-refractivity contribution in [1.29, 1.82) is 0 Å². The molecule has 1 N–H and O–H groups in total. The Morgan fingerprint density at radius 3 is 2.31 bits per heavy atom. The van der Waals surface area contributed by atoms with Crippen molar-refractivity contribution >= 4 is 34.0 Å². The Kier molecular flexibility index (Phi) is 5.26. The third-order valence-corrected chi connectivity index (χ3v) is 5.79. The number of carbonyl (C=O) groups excluding carboxylic acids is 1. The SMILES string of the molecule is Cc1cc(Oc2cnc3cc(Cl)ccc3n2)cc(C)c1C1=C(O)C(C)(C)OC(C)(C)C1=O. The van der Waals surface area contributed by atoms with Crippen LogP contribution in [-0.2, 0) is 9.53 Å². The molecule has 32 heavy (non-hydrogen) atoms. The molecule has 0 radical (unpaired) electrons. The molecule has 0 saturated heterocycles. The summed E-state index contributed by atoms with van der Waals surface area (Å²) in [5.41, 5.74) is 1.88. The van der Waals surface area contributed by atoms with Crippen LogP contribution in [0.1, 0.15) is 44.4 Å². The molecule has 0 unspecified atom stereocenters. The lowest BCUT2D eigenvalue weighted by atomic mass is 9.80. The van der Waals surface area contributed by atoms with Crippen LogP contribution in [0.2, 0.25) is 5.02 Å². The molecule has 7 heteroatoms. The Labute approximate surface area is 191 Å². The van der Waals surface area contributed by atoms with Gasteiger partial charge in [-0.3, -0.25) is 4.79 Å². The Morgan fingerprint density at radius 2 is 1.66 bits per heavy atom. The molecule has 2 heterocycles. The monoisotopic (exact) mass is 452 g/mol. The zero-order valence-electron chi connectivity index (χ0n) is 18.9. The normalized spacial score (nSPS) is 17.7. The van der Waals surface area contributed by atoms with Gasteiger partial charge in [-0.15, -0.1) is 0 Å². The van der Waals surface area contributed by atoms with Gasteiger partial charge in [0.2, 0.25) is 5.88 Å². The maximum Gasteiger partial charge on any atom is 0.238 e. The molecule has 1 aliphatic rings. The number of Topliss-reactive ketones (excluding diaryl/α,β-unsaturated/α-hetero) is 1. The van der Waals surface area contributed by atoms with Gasteiger partial charge >= 0.3 is 0 Å². The predicted molar refractivity (Wildman–Crippen MR) is 124 cm³/mol. The van der Waals surface area contributed by atoms with E-state index in [1.54, 1.807) is 52.1 Å². The number of ketones is 1. The molecule has 2 aromatic carbocycles. The second kappa shape index (κ2) is 7.57. The number of aliphatic hydroxyl groups excluding tert-OH is 1. The first kappa shape index (κ1) is 22.2. The van der Waals surface area contributed by atoms with Crippen LogP contribution >= 0.6 is 11.6 Å². The van der Waals surface area contributed by atoms with E-state index >= 15 is 0 Å². The molecule has 0 amide bonds. The number of benzene rings is 2. The number of ether oxygens (including phenoxy) is 2. The van der Waals surface area contributed by atoms with Crippen molar-refractivity contribution in [3.05, 3.63) is 64.0 Å². The maximum absolute atomic E-state index is 13.2. The van der Waals surface area contributed by atoms with E-state index in [2.05, 4.69) is 9.97 Å². The number of hydrogen-bond acceptors (Lipinski definition) is 6. The van der Waals surface area contributed by atoms with Crippen LogP contribution in [0.25, 0.3) is 16.6 Å². The topological polar surface area (TPSA) is 81.5 Å². The van der Waals surface area contributed by atoms with E-state index in [-0.39, 0.29) is 17.1 Å². The Bertz CT molecular complexity index is 1270. The molecule has 1 aromatic heterocycles. The summed E-state index contributed by atoms with van der Waals surface area (Å²) in [7, 11) is 0. The highest BCUT2D eigenvalue weighted by atomic mass is 35.5. The van der Waals surface area contributed by atoms with Gasteiger partial charge in [-0.1, -0.05) is 11.6 Å². The van der Waals surface area contributed by atoms with Crippen LogP contribution in [0.3, 0.4) is 0 Å². The molecule has 0 aliphatic carbocycles. The number of aromatic nitrogens is 2. The number of aliphatic hydroxyl groups is 1. The third-order valence-electron chi connectivity index (χ3n) is 5.55. The second-order valence-electron chi connectivity index (χ2n) is 9.05. The molecule has 0 saturated carbocycles. The average molecular weight is 453 g/mol. The Hall–Kier alpha value is -2.96. The molecule has 0 bridgehead atoms. The fourth-order valence-electron chi connectivity index (χ4n) is 4.19. The molecule has 0 spiro atoms. The number of aryl methyl sites for hydroxylation is 2. The lowest BCUT2D eigenvalue weighted by Crippen LogP contribution is -2.49. The first-order valence-corrected chi connectivity index (χ1v) is 10.7. The largest absolute Gasteiger partial charge is 0.508 e. The summed E-state index contributed by atoms with van der Waals surface area (Å²) in [4.78, 5) is 22.0. The van der Waals surface area contributed by atoms with Gasteiger partial charge < -0.3 is 14.6 Å². The summed E-state index contributed by atoms with van der Waals surface area (Å²) in [5.74, 6) is 0.580. The van der Waals surface area contributed by atoms with Crippen LogP contribution in [0.15, 0.2) is 42.3 Å². The van der Waals surface area contributed by atoms with E-state index in [1.165, 1.54) is 0 Å². The van der Waals surface area contributed by atoms with E-state index in [0.717, 1.165) is 11.1 Å². The van der Waals surface area contributed by atoms with Gasteiger partial charge in [0.1, 0.15) is 22.7 Å². The zero-order valence-corrected chi connectivity index (χ0v) is 19.7. The van der Waals surface area contributed by atoms with Gasteiger partial charge in [-0.2, -0.15) is 0 Å². The number of halogens is 1. The van der Waals surface area contributed by atoms with Gasteiger partial charge in [0.25, 0.3) is 0 Å². The first-order valence-electron chi connectivity index (χ1n) is 10.3. The zero-order chi connectivity index (χ0) is 23.4. The Morgan fingerprint density at radius 1 is 1.00 bits per heavy atom. The van der Waals surface area contributed by atoms with Crippen molar-refractivity contribution in [3.63, 3.8) is 0 Å². The average Bonchev–Trinajstić information content (AvgIpc) is 2.68. The second-order valence-corrected chi connectivity index (χ2v) is 9.49. The van der Waals surface area contributed by atoms with Crippen molar-refractivity contribution in [1.82, 2.24) is 9.97 Å². The van der Waals surface area contributed by atoms with Gasteiger partial charge in [0.15, 0.2) is 5.78 Å². The molecule has 6 nitrogen and oxygen atoms in total. The number of hydrogen-bond donors (Lipinski definition) is 1. The lowest BCUT2D eigenvalue weighted by molar-refractivity contribution is -0.158. The molecular weight excluding hydrogens is 428 g/mol. The summed E-state index contributed by atoms with van der Waals surface area (Å²) >= 11 is 6.01. The molecule has 166 valence electrons. The standard InChI is InChI=1S/C25H25ClN2O4/c1-13-9-16(31-19-12-27-18-11-15(26)7-8-17(18)28-19)10-14(2)20(13)21-22(29)24(3,4)32-25(5,6)23(21)30/h7-12,29H,1-6H3. The van der Waals surface area contributed by atoms with Crippen LogP contribution in [0, 0.1) is 13.8 Å². The summed E-state index contributed by atoms with van der Waals surface area (Å²) in [6, 6.07) is 8.91. The third kappa shape index (κ3) is 3.85. The van der Waals surface area contributed by atoms with Crippen molar-refractivity contribution in [2.45, 2.75) is 52.7 Å². The number of nitrogens with zero attached hydrogens (tertiary/aromatic N) is 2. The number of rotatable bonds is 3. The van der Waals surface area contributed by atoms with Crippen molar-refractivity contribution in [3.8, 4) is 11.6 Å². The molecule has 1 aliphatic heterocycles. The minimum atomic E-state index is -1.05. The highest BCUT2D eigenvalue weighted by Crippen LogP contribution is 2.42. The minimum Gasteiger partial charge on any atom is -0.508 e. The van der Waals surface area contributed by atoms with Gasteiger partial charge in [0, 0.05) is 5.02 Å². The molecule has 3 aromatic rings. The molecular formula is C25H25ClN2O4. The quantitative estimate of drug-likeness (QED) is 0.515. The van der Waals surface area contributed by atoms with E-state index in [0.29, 0.717) is 33.2 Å². The lowest BCUT2D eigenvalue weighted by Gasteiger charge is -2.41. The highest BCUT2D eigenvalue weighted by Gasteiger charge is 2.47. The molecule has 0 fully saturated rings. The molecule has 4 rings (SSSR count). The van der Waals surface area contributed by atoms with E-state index in [1.807, 2.05) is 26.0 Å². The minimum absolute atomic E-state index is 0.0687. The van der Waals surface area contributed by atoms with Crippen LogP contribution in [0.5, 0.6) is 11.6 Å². The fraction of sp³-hybridized carbons (Fsp3) is 0.320. The van der Waals surface area contributed by atoms with Crippen molar-refractivity contribution < 1.29 is 19.4 Å². The summed E-state index contributed by atoms with van der Waals surface area (Å²) in [6.45, 7) is 10.7. The Balaban J connectivity index is 1.74. The summed E-state index contributed by atoms with van der Waals surface area (Å²) in [6.07, 6.45) is 1.54. The van der Waals surface area contributed by atoms with E-state index < -0.39 is 11.2 Å². The summed E-state index contributed by atoms with van der Waals surface area (Å²) < 4.78 is 11.8. The van der Waals surface area contributed by atoms with Crippen molar-refractivity contribution in [2.75, 3.05) is 0 Å². The predicted octanol–water partition coefficient (Wildman–Crippen LogP) is 6.12. The first-order chi connectivity index (χ1) is 14.9. The highest BCUT2D eigenvalue weighted by molar-refractivity contribution is 6.31. The van der Waals surface area contributed by atoms with Crippen LogP contribution in [0.4, 0.5) is 0 Å². The molecule has 0 atom stereocenters. The van der Waals surface area contributed by atoms with E-state index in [4.69, 9.17) is 21.1 Å². The number of fused-ring (bicyclic) bond motifs is 1. The van der Waals surface area contributed by atoms with Crippen molar-refractivity contribution in [2.24, 2.45) is 0 Å². The summed E-state index contributed by atoms with van der Waals surface area (Å²) in [5, 5.41) is 11.5. The fourth-order valence-corrected chi connectivity index (χ4v) is 4.35. The van der Waals surface area contributed by atoms with Gasteiger partial charge in [0.05, 0.1) is 22.8 Å². The smallest absolute Gasteiger partial charge is 0.238 e. The van der Waals surface area contributed by atoms with Gasteiger partial charge in [-0.25, -0.2) is 9.97 Å². The van der Waals surface area contributed by atoms with Crippen LogP contribution < -0.4 is 4.74 Å². The van der Waals surface area contributed by atoms with Crippen LogP contribution in [-0.4, -0.2) is 32.1 Å².